The van der Waals surface area contributed by atoms with Gasteiger partial charge in [0.15, 0.2) is 0 Å². The van der Waals surface area contributed by atoms with Crippen molar-refractivity contribution in [3.8, 4) is 11.8 Å². The quantitative estimate of drug-likeness (QED) is 0.691. The van der Waals surface area contributed by atoms with Crippen LogP contribution in [0.2, 0.25) is 0 Å². The molecule has 0 spiro atoms. The Balaban J connectivity index is 1.77. The highest BCUT2D eigenvalue weighted by Gasteiger charge is 2.20. The van der Waals surface area contributed by atoms with E-state index in [0.29, 0.717) is 12.1 Å². The van der Waals surface area contributed by atoms with Crippen LogP contribution in [0, 0.1) is 17.2 Å². The van der Waals surface area contributed by atoms with E-state index in [1.54, 1.807) is 12.1 Å². The van der Waals surface area contributed by atoms with Gasteiger partial charge in [-0.1, -0.05) is 24.3 Å². The molecule has 114 valence electrons. The van der Waals surface area contributed by atoms with Crippen molar-refractivity contribution < 1.29 is 9.90 Å². The summed E-state index contributed by atoms with van der Waals surface area (Å²) >= 11 is 0. The number of nitriles is 1. The molecule has 5 heteroatoms. The lowest BCUT2D eigenvalue weighted by molar-refractivity contribution is -0.118. The van der Waals surface area contributed by atoms with E-state index in [1.807, 2.05) is 30.5 Å². The molecule has 0 aliphatic heterocycles. The molecule has 3 aromatic rings. The van der Waals surface area contributed by atoms with E-state index in [-0.39, 0.29) is 11.7 Å². The number of rotatable bonds is 4. The maximum absolute atomic E-state index is 12.3. The molecule has 1 amide bonds. The molecular formula is C18H15N3O2. The van der Waals surface area contributed by atoms with Crippen LogP contribution in [0.5, 0.6) is 5.75 Å². The van der Waals surface area contributed by atoms with E-state index in [4.69, 9.17) is 0 Å². The number of aromatic amines is 1. The topological polar surface area (TPSA) is 88.9 Å². The van der Waals surface area contributed by atoms with Crippen LogP contribution in [0.1, 0.15) is 5.56 Å². The van der Waals surface area contributed by atoms with Crippen molar-refractivity contribution >= 4 is 22.5 Å². The lowest BCUT2D eigenvalue weighted by Gasteiger charge is -2.10. The molecule has 0 aliphatic rings. The number of aromatic hydroxyl groups is 1. The number of amides is 1. The molecule has 23 heavy (non-hydrogen) atoms. The van der Waals surface area contributed by atoms with Gasteiger partial charge in [-0.2, -0.15) is 5.26 Å². The summed E-state index contributed by atoms with van der Waals surface area (Å²) in [4.78, 5) is 15.4. The van der Waals surface area contributed by atoms with Crippen LogP contribution in [-0.4, -0.2) is 16.0 Å². The maximum atomic E-state index is 12.3. The number of anilines is 1. The van der Waals surface area contributed by atoms with Gasteiger partial charge in [0.1, 0.15) is 11.7 Å². The van der Waals surface area contributed by atoms with Crippen molar-refractivity contribution in [3.05, 3.63) is 60.3 Å². The number of para-hydroxylation sites is 1. The number of benzene rings is 2. The molecular weight excluding hydrogens is 290 g/mol. The van der Waals surface area contributed by atoms with Crippen molar-refractivity contribution in [1.82, 2.24) is 4.98 Å². The van der Waals surface area contributed by atoms with Crippen LogP contribution in [0.4, 0.5) is 5.69 Å². The first-order valence-electron chi connectivity index (χ1n) is 7.22. The van der Waals surface area contributed by atoms with E-state index >= 15 is 0 Å². The van der Waals surface area contributed by atoms with Crippen molar-refractivity contribution in [3.63, 3.8) is 0 Å². The first-order chi connectivity index (χ1) is 11.2. The fourth-order valence-electron chi connectivity index (χ4n) is 2.53. The standard InChI is InChI=1S/C18H15N3O2/c19-10-12(18(23)21-14-4-3-5-15(22)9-14)8-13-11-20-17-7-2-1-6-16(13)17/h1-7,9,11-12,20,22H,8H2,(H,21,23)/t12-/m1/s1. The molecule has 0 saturated carbocycles. The summed E-state index contributed by atoms with van der Waals surface area (Å²) < 4.78 is 0. The number of H-pyrrole nitrogens is 1. The number of carbonyl (C=O) groups is 1. The minimum atomic E-state index is -0.809. The predicted molar refractivity (Wildman–Crippen MR) is 87.8 cm³/mol. The van der Waals surface area contributed by atoms with Gasteiger partial charge in [-0.25, -0.2) is 0 Å². The number of hydrogen-bond acceptors (Lipinski definition) is 3. The highest BCUT2D eigenvalue weighted by molar-refractivity contribution is 5.95. The average molecular weight is 305 g/mol. The number of phenolic OH excluding ortho intramolecular Hbond substituents is 1. The van der Waals surface area contributed by atoms with Crippen LogP contribution < -0.4 is 5.32 Å². The lowest BCUT2D eigenvalue weighted by Crippen LogP contribution is -2.23. The zero-order chi connectivity index (χ0) is 16.2. The van der Waals surface area contributed by atoms with Crippen molar-refractivity contribution in [2.75, 3.05) is 5.32 Å². The van der Waals surface area contributed by atoms with Crippen molar-refractivity contribution in [1.29, 1.82) is 5.26 Å². The molecule has 0 radical (unpaired) electrons. The molecule has 0 saturated heterocycles. The van der Waals surface area contributed by atoms with E-state index < -0.39 is 5.92 Å². The summed E-state index contributed by atoms with van der Waals surface area (Å²) in [5.41, 5.74) is 2.37. The van der Waals surface area contributed by atoms with Crippen LogP contribution in [0.15, 0.2) is 54.7 Å². The second kappa shape index (κ2) is 6.24. The van der Waals surface area contributed by atoms with E-state index in [1.165, 1.54) is 12.1 Å². The summed E-state index contributed by atoms with van der Waals surface area (Å²) in [7, 11) is 0. The molecule has 1 atom stereocenters. The number of aromatic nitrogens is 1. The Morgan fingerprint density at radius 1 is 1.26 bits per heavy atom. The summed E-state index contributed by atoms with van der Waals surface area (Å²) in [6.07, 6.45) is 2.15. The first-order valence-corrected chi connectivity index (χ1v) is 7.22. The molecule has 0 unspecified atom stereocenters. The molecule has 3 N–H and O–H groups in total. The highest BCUT2D eigenvalue weighted by atomic mass is 16.3. The second-order valence-corrected chi connectivity index (χ2v) is 5.28. The third-order valence-electron chi connectivity index (χ3n) is 3.68. The number of phenols is 1. The Bertz CT molecular complexity index is 892. The summed E-state index contributed by atoms with van der Waals surface area (Å²) in [6, 6.07) is 16.1. The van der Waals surface area contributed by atoms with E-state index in [9.17, 15) is 15.2 Å². The van der Waals surface area contributed by atoms with Gasteiger partial charge >= 0.3 is 0 Å². The zero-order valence-electron chi connectivity index (χ0n) is 12.3. The fraction of sp³-hybridized carbons (Fsp3) is 0.111. The molecule has 0 bridgehead atoms. The monoisotopic (exact) mass is 305 g/mol. The van der Waals surface area contributed by atoms with Gasteiger partial charge in [-0.3, -0.25) is 4.79 Å². The Hall–Kier alpha value is -3.26. The van der Waals surface area contributed by atoms with Gasteiger partial charge in [0, 0.05) is 28.9 Å². The Morgan fingerprint density at radius 2 is 2.09 bits per heavy atom. The predicted octanol–water partition coefficient (Wildman–Crippen LogP) is 3.19. The van der Waals surface area contributed by atoms with Gasteiger partial charge in [0.05, 0.1) is 6.07 Å². The SMILES string of the molecule is N#C[C@@H](Cc1c[nH]c2ccccc12)C(=O)Nc1cccc(O)c1. The van der Waals surface area contributed by atoms with Crippen LogP contribution in [0.25, 0.3) is 10.9 Å². The van der Waals surface area contributed by atoms with Crippen molar-refractivity contribution in [2.45, 2.75) is 6.42 Å². The number of fused-ring (bicyclic) bond motifs is 1. The number of nitrogens with zero attached hydrogens (tertiary/aromatic N) is 1. The third kappa shape index (κ3) is 3.16. The summed E-state index contributed by atoms with van der Waals surface area (Å²) in [5, 5.41) is 22.4. The fourth-order valence-corrected chi connectivity index (χ4v) is 2.53. The average Bonchev–Trinajstić information content (AvgIpc) is 2.95. The van der Waals surface area contributed by atoms with Gasteiger partial charge in [-0.05, 0) is 30.2 Å². The molecule has 1 heterocycles. The molecule has 5 nitrogen and oxygen atoms in total. The Morgan fingerprint density at radius 3 is 2.87 bits per heavy atom. The molecule has 3 rings (SSSR count). The lowest BCUT2D eigenvalue weighted by atomic mass is 9.99. The van der Waals surface area contributed by atoms with Gasteiger partial charge in [0.25, 0.3) is 0 Å². The van der Waals surface area contributed by atoms with Crippen LogP contribution >= 0.6 is 0 Å². The smallest absolute Gasteiger partial charge is 0.242 e. The third-order valence-corrected chi connectivity index (χ3v) is 3.68. The van der Waals surface area contributed by atoms with Crippen molar-refractivity contribution in [2.24, 2.45) is 5.92 Å². The second-order valence-electron chi connectivity index (χ2n) is 5.28. The highest BCUT2D eigenvalue weighted by Crippen LogP contribution is 2.22. The van der Waals surface area contributed by atoms with Crippen LogP contribution in [0.3, 0.4) is 0 Å². The van der Waals surface area contributed by atoms with Gasteiger partial charge in [-0.15, -0.1) is 0 Å². The minimum Gasteiger partial charge on any atom is -0.508 e. The van der Waals surface area contributed by atoms with E-state index in [2.05, 4.69) is 16.4 Å². The number of carbonyl (C=O) groups excluding carboxylic acids is 1. The minimum absolute atomic E-state index is 0.0629. The maximum Gasteiger partial charge on any atom is 0.242 e. The van der Waals surface area contributed by atoms with E-state index in [0.717, 1.165) is 16.5 Å². The zero-order valence-corrected chi connectivity index (χ0v) is 12.3. The summed E-state index contributed by atoms with van der Waals surface area (Å²) in [6.45, 7) is 0. The first kappa shape index (κ1) is 14.7. The van der Waals surface area contributed by atoms with Gasteiger partial charge < -0.3 is 15.4 Å². The molecule has 0 aliphatic carbocycles. The number of nitrogens with one attached hydrogen (secondary N) is 2. The largest absolute Gasteiger partial charge is 0.508 e. The van der Waals surface area contributed by atoms with Gasteiger partial charge in [0.2, 0.25) is 5.91 Å². The number of hydrogen-bond donors (Lipinski definition) is 3. The molecule has 0 fully saturated rings. The summed E-state index contributed by atoms with van der Waals surface area (Å²) in [5.74, 6) is -1.13. The molecule has 2 aromatic carbocycles. The molecule has 1 aromatic heterocycles. The Kier molecular flexibility index (Phi) is 3.98. The normalized spacial score (nSPS) is 11.8. The van der Waals surface area contributed by atoms with Crippen LogP contribution in [-0.2, 0) is 11.2 Å². The Labute approximate surface area is 133 Å².